The highest BCUT2D eigenvalue weighted by Gasteiger charge is 2.25. The first-order valence-corrected chi connectivity index (χ1v) is 6.00. The summed E-state index contributed by atoms with van der Waals surface area (Å²) < 4.78 is 10.6. The van der Waals surface area contributed by atoms with Gasteiger partial charge >= 0.3 is 5.69 Å². The van der Waals surface area contributed by atoms with Crippen molar-refractivity contribution in [3.05, 3.63) is 46.8 Å². The quantitative estimate of drug-likeness (QED) is 0.485. The number of aromatic nitrogens is 4. The molecule has 3 aromatic rings. The molecule has 10 nitrogen and oxygen atoms in total. The Hall–Kier alpha value is -3.56. The number of nitrogens with one attached hydrogen (secondary N) is 2. The smallest absolute Gasteiger partial charge is 0.315 e. The Morgan fingerprint density at radius 1 is 1.05 bits per heavy atom. The molecule has 0 saturated heterocycles. The summed E-state index contributed by atoms with van der Waals surface area (Å²) in [5.74, 6) is -0.497. The van der Waals surface area contributed by atoms with Gasteiger partial charge in [-0.25, -0.2) is 10.2 Å². The van der Waals surface area contributed by atoms with Crippen LogP contribution in [-0.2, 0) is 0 Å². The standard InChI is InChI=1S/C12H9N5O5/c18-11-8(21-9-3-5-13-15-9)2-1-7(17(19)20)12(11)22-10-4-6-14-16-10/h1-6,18H,(H,13,15)(H,14,16). The predicted molar refractivity (Wildman–Crippen MR) is 72.1 cm³/mol. The Bertz CT molecular complexity index is 785. The van der Waals surface area contributed by atoms with E-state index in [0.717, 1.165) is 6.07 Å². The Morgan fingerprint density at radius 2 is 1.68 bits per heavy atom. The van der Waals surface area contributed by atoms with Crippen molar-refractivity contribution >= 4 is 5.69 Å². The number of ether oxygens (including phenoxy) is 2. The van der Waals surface area contributed by atoms with Crippen LogP contribution in [0.2, 0.25) is 0 Å². The van der Waals surface area contributed by atoms with Crippen LogP contribution >= 0.6 is 0 Å². The van der Waals surface area contributed by atoms with E-state index >= 15 is 0 Å². The van der Waals surface area contributed by atoms with Crippen LogP contribution in [0.5, 0.6) is 29.0 Å². The molecule has 2 aromatic heterocycles. The van der Waals surface area contributed by atoms with Crippen LogP contribution in [0.25, 0.3) is 0 Å². The number of nitro benzene ring substituents is 1. The van der Waals surface area contributed by atoms with Gasteiger partial charge in [0.15, 0.2) is 5.75 Å². The summed E-state index contributed by atoms with van der Waals surface area (Å²) in [6.45, 7) is 0. The highest BCUT2D eigenvalue weighted by Crippen LogP contribution is 2.45. The third-order valence-corrected chi connectivity index (χ3v) is 2.65. The average Bonchev–Trinajstić information content (AvgIpc) is 3.16. The topological polar surface area (TPSA) is 139 Å². The number of hydrogen-bond acceptors (Lipinski definition) is 7. The molecule has 2 heterocycles. The van der Waals surface area contributed by atoms with Gasteiger partial charge in [0.1, 0.15) is 0 Å². The molecule has 1 aromatic carbocycles. The van der Waals surface area contributed by atoms with Gasteiger partial charge in [0.05, 0.1) is 17.3 Å². The molecule has 0 aliphatic carbocycles. The van der Waals surface area contributed by atoms with Crippen molar-refractivity contribution in [2.45, 2.75) is 0 Å². The van der Waals surface area contributed by atoms with Crippen molar-refractivity contribution in [2.75, 3.05) is 0 Å². The summed E-state index contributed by atoms with van der Waals surface area (Å²) in [6.07, 6.45) is 2.86. The van der Waals surface area contributed by atoms with Crippen LogP contribution in [0.1, 0.15) is 0 Å². The molecule has 22 heavy (non-hydrogen) atoms. The molecular formula is C12H9N5O5. The molecule has 3 N–H and O–H groups in total. The zero-order chi connectivity index (χ0) is 15.5. The Balaban J connectivity index is 2.01. The van der Waals surface area contributed by atoms with Gasteiger partial charge in [0.2, 0.25) is 17.5 Å². The molecular weight excluding hydrogens is 294 g/mol. The lowest BCUT2D eigenvalue weighted by Gasteiger charge is -2.10. The van der Waals surface area contributed by atoms with E-state index in [2.05, 4.69) is 20.4 Å². The fourth-order valence-corrected chi connectivity index (χ4v) is 1.70. The number of H-pyrrole nitrogens is 2. The van der Waals surface area contributed by atoms with E-state index in [-0.39, 0.29) is 23.3 Å². The Kier molecular flexibility index (Phi) is 3.32. The number of phenolic OH excluding ortho intramolecular Hbond substituents is 1. The minimum atomic E-state index is -0.675. The number of benzene rings is 1. The first kappa shape index (κ1) is 13.4. The van der Waals surface area contributed by atoms with E-state index < -0.39 is 16.4 Å². The van der Waals surface area contributed by atoms with E-state index in [0.29, 0.717) is 0 Å². The van der Waals surface area contributed by atoms with Crippen molar-refractivity contribution in [2.24, 2.45) is 0 Å². The highest BCUT2D eigenvalue weighted by molar-refractivity contribution is 5.63. The zero-order valence-electron chi connectivity index (χ0n) is 10.9. The van der Waals surface area contributed by atoms with Gasteiger partial charge < -0.3 is 14.6 Å². The maximum Gasteiger partial charge on any atom is 0.315 e. The van der Waals surface area contributed by atoms with Crippen molar-refractivity contribution in [3.8, 4) is 29.0 Å². The van der Waals surface area contributed by atoms with Crippen molar-refractivity contribution in [3.63, 3.8) is 0 Å². The highest BCUT2D eigenvalue weighted by atomic mass is 16.6. The molecule has 0 aliphatic rings. The summed E-state index contributed by atoms with van der Waals surface area (Å²) in [7, 11) is 0. The molecule has 0 unspecified atom stereocenters. The minimum Gasteiger partial charge on any atom is -0.501 e. The van der Waals surface area contributed by atoms with Gasteiger partial charge in [-0.15, -0.1) is 0 Å². The molecule has 112 valence electrons. The maximum atomic E-state index is 11.1. The number of aromatic amines is 2. The van der Waals surface area contributed by atoms with Gasteiger partial charge in [-0.3, -0.25) is 10.1 Å². The zero-order valence-corrected chi connectivity index (χ0v) is 10.9. The van der Waals surface area contributed by atoms with Crippen LogP contribution in [0.3, 0.4) is 0 Å². The molecule has 10 heteroatoms. The lowest BCUT2D eigenvalue weighted by atomic mass is 10.2. The van der Waals surface area contributed by atoms with Crippen molar-refractivity contribution < 1.29 is 19.5 Å². The predicted octanol–water partition coefficient (Wildman–Crippen LogP) is 2.33. The molecule has 0 aliphatic heterocycles. The monoisotopic (exact) mass is 303 g/mol. The third-order valence-electron chi connectivity index (χ3n) is 2.65. The fourth-order valence-electron chi connectivity index (χ4n) is 1.70. The minimum absolute atomic E-state index is 0.0237. The van der Waals surface area contributed by atoms with Crippen LogP contribution in [-0.4, -0.2) is 30.4 Å². The van der Waals surface area contributed by atoms with E-state index in [9.17, 15) is 15.2 Å². The summed E-state index contributed by atoms with van der Waals surface area (Å²) in [4.78, 5) is 10.4. The molecule has 0 spiro atoms. The fraction of sp³-hybridized carbons (Fsp3) is 0. The van der Waals surface area contributed by atoms with Gasteiger partial charge in [-0.05, 0) is 6.07 Å². The van der Waals surface area contributed by atoms with Crippen LogP contribution < -0.4 is 9.47 Å². The van der Waals surface area contributed by atoms with Gasteiger partial charge in [-0.1, -0.05) is 0 Å². The molecule has 3 rings (SSSR count). The van der Waals surface area contributed by atoms with Crippen LogP contribution in [0.15, 0.2) is 36.7 Å². The number of nitrogens with zero attached hydrogens (tertiary/aromatic N) is 3. The normalized spacial score (nSPS) is 10.4. The lowest BCUT2D eigenvalue weighted by molar-refractivity contribution is -0.385. The van der Waals surface area contributed by atoms with E-state index in [1.807, 2.05) is 0 Å². The van der Waals surface area contributed by atoms with Crippen molar-refractivity contribution in [1.82, 2.24) is 20.4 Å². The Labute approximate surface area is 122 Å². The molecule has 0 amide bonds. The van der Waals surface area contributed by atoms with E-state index in [1.54, 1.807) is 0 Å². The summed E-state index contributed by atoms with van der Waals surface area (Å²) in [5, 5.41) is 33.6. The van der Waals surface area contributed by atoms with E-state index in [1.165, 1.54) is 30.6 Å². The largest absolute Gasteiger partial charge is 0.501 e. The number of aromatic hydroxyl groups is 1. The SMILES string of the molecule is O=[N+]([O-])c1ccc(Oc2ccn[nH]2)c(O)c1Oc1ccn[nH]1. The molecule has 0 radical (unpaired) electrons. The second-order valence-corrected chi connectivity index (χ2v) is 4.06. The lowest BCUT2D eigenvalue weighted by Crippen LogP contribution is -1.96. The van der Waals surface area contributed by atoms with E-state index in [4.69, 9.17) is 9.47 Å². The average molecular weight is 303 g/mol. The maximum absolute atomic E-state index is 11.1. The third kappa shape index (κ3) is 2.52. The molecule has 0 bridgehead atoms. The first-order valence-electron chi connectivity index (χ1n) is 6.00. The number of rotatable bonds is 5. The summed E-state index contributed by atoms with van der Waals surface area (Å²) in [6, 6.07) is 5.40. The Morgan fingerprint density at radius 3 is 2.23 bits per heavy atom. The number of phenols is 1. The molecule has 0 fully saturated rings. The molecule has 0 atom stereocenters. The second-order valence-electron chi connectivity index (χ2n) is 4.06. The summed E-state index contributed by atoms with van der Waals surface area (Å²) in [5.41, 5.74) is -0.413. The van der Waals surface area contributed by atoms with Gasteiger partial charge in [-0.2, -0.15) is 10.2 Å². The second kappa shape index (κ2) is 5.44. The number of nitro groups is 1. The van der Waals surface area contributed by atoms with Crippen LogP contribution in [0, 0.1) is 10.1 Å². The van der Waals surface area contributed by atoms with Crippen molar-refractivity contribution in [1.29, 1.82) is 0 Å². The van der Waals surface area contributed by atoms with Crippen LogP contribution in [0.4, 0.5) is 5.69 Å². The summed E-state index contributed by atoms with van der Waals surface area (Å²) >= 11 is 0. The van der Waals surface area contributed by atoms with Gasteiger partial charge in [0, 0.05) is 18.2 Å². The molecule has 0 saturated carbocycles. The number of hydrogen-bond donors (Lipinski definition) is 3. The van der Waals surface area contributed by atoms with Gasteiger partial charge in [0.25, 0.3) is 5.75 Å². The first-order chi connectivity index (χ1) is 10.6.